The van der Waals surface area contributed by atoms with Crippen LogP contribution in [0.15, 0.2) is 54.8 Å². The van der Waals surface area contributed by atoms with Crippen molar-refractivity contribution in [2.45, 2.75) is 38.1 Å². The van der Waals surface area contributed by atoms with E-state index in [1.165, 1.54) is 0 Å². The van der Waals surface area contributed by atoms with Gasteiger partial charge in [0.15, 0.2) is 5.78 Å². The first-order chi connectivity index (χ1) is 14.2. The van der Waals surface area contributed by atoms with Gasteiger partial charge in [-0.05, 0) is 36.6 Å². The summed E-state index contributed by atoms with van der Waals surface area (Å²) in [5.74, 6) is 1.52. The molecular formula is C24H26O5. The SMILES string of the molecule is COc1cccc(COC2CCC3C(=O)C(c4ccccc4OC)=COC3C2)c1. The van der Waals surface area contributed by atoms with Gasteiger partial charge in [0.1, 0.15) is 17.6 Å². The molecule has 0 spiro atoms. The van der Waals surface area contributed by atoms with Crippen molar-refractivity contribution in [1.82, 2.24) is 0 Å². The highest BCUT2D eigenvalue weighted by Gasteiger charge is 2.41. The van der Waals surface area contributed by atoms with Gasteiger partial charge in [-0.3, -0.25) is 4.79 Å². The molecule has 5 heteroatoms. The second kappa shape index (κ2) is 8.70. The van der Waals surface area contributed by atoms with Crippen LogP contribution < -0.4 is 9.47 Å². The van der Waals surface area contributed by atoms with E-state index in [-0.39, 0.29) is 23.9 Å². The number of ketones is 1. The number of para-hydroxylation sites is 1. The van der Waals surface area contributed by atoms with Crippen LogP contribution in [0.1, 0.15) is 30.4 Å². The lowest BCUT2D eigenvalue weighted by atomic mass is 9.77. The number of Topliss-reactive ketones (excluding diaryl/α,β-unsaturated/α-hetero) is 1. The zero-order chi connectivity index (χ0) is 20.2. The van der Waals surface area contributed by atoms with Gasteiger partial charge >= 0.3 is 0 Å². The Morgan fingerprint density at radius 1 is 1.03 bits per heavy atom. The molecule has 1 saturated carbocycles. The van der Waals surface area contributed by atoms with Crippen LogP contribution in [0.25, 0.3) is 5.57 Å². The van der Waals surface area contributed by atoms with Crippen LogP contribution in [0, 0.1) is 5.92 Å². The van der Waals surface area contributed by atoms with E-state index in [1.807, 2.05) is 48.5 Å². The fourth-order valence-corrected chi connectivity index (χ4v) is 4.15. The molecule has 0 N–H and O–H groups in total. The highest BCUT2D eigenvalue weighted by molar-refractivity contribution is 6.22. The predicted molar refractivity (Wildman–Crippen MR) is 110 cm³/mol. The Labute approximate surface area is 171 Å². The molecule has 0 saturated heterocycles. The molecule has 3 atom stereocenters. The van der Waals surface area contributed by atoms with Gasteiger partial charge in [-0.1, -0.05) is 30.3 Å². The molecule has 2 aromatic carbocycles. The van der Waals surface area contributed by atoms with E-state index in [0.717, 1.165) is 36.1 Å². The predicted octanol–water partition coefficient (Wildman–Crippen LogP) is 4.40. The molecule has 0 radical (unpaired) electrons. The van der Waals surface area contributed by atoms with Crippen LogP contribution in [0.5, 0.6) is 11.5 Å². The number of allylic oxidation sites excluding steroid dienone is 1. The van der Waals surface area contributed by atoms with E-state index < -0.39 is 0 Å². The Morgan fingerprint density at radius 2 is 1.90 bits per heavy atom. The number of methoxy groups -OCH3 is 2. The highest BCUT2D eigenvalue weighted by Crippen LogP contribution is 2.39. The molecule has 29 heavy (non-hydrogen) atoms. The standard InChI is InChI=1S/C24H26O5/c1-26-17-7-5-6-16(12-17)14-28-18-10-11-20-23(13-18)29-15-21(24(20)25)19-8-3-4-9-22(19)27-2/h3-9,12,15,18,20,23H,10-11,13-14H2,1-2H3. The summed E-state index contributed by atoms with van der Waals surface area (Å²) in [6.45, 7) is 0.523. The maximum atomic E-state index is 13.1. The van der Waals surface area contributed by atoms with Gasteiger partial charge in [0.25, 0.3) is 0 Å². The zero-order valence-electron chi connectivity index (χ0n) is 16.8. The van der Waals surface area contributed by atoms with E-state index >= 15 is 0 Å². The molecule has 4 rings (SSSR count). The number of benzene rings is 2. The number of carbonyl (C=O) groups is 1. The van der Waals surface area contributed by atoms with Gasteiger partial charge in [0.2, 0.25) is 0 Å². The molecule has 1 heterocycles. The van der Waals surface area contributed by atoms with Gasteiger partial charge in [0.05, 0.1) is 44.7 Å². The summed E-state index contributed by atoms with van der Waals surface area (Å²) in [5, 5.41) is 0. The van der Waals surface area contributed by atoms with Crippen molar-refractivity contribution in [3.8, 4) is 11.5 Å². The van der Waals surface area contributed by atoms with Crippen molar-refractivity contribution >= 4 is 11.4 Å². The van der Waals surface area contributed by atoms with Gasteiger partial charge < -0.3 is 18.9 Å². The fraction of sp³-hybridized carbons (Fsp3) is 0.375. The monoisotopic (exact) mass is 394 g/mol. The number of carbonyl (C=O) groups excluding carboxylic acids is 1. The molecule has 1 aliphatic heterocycles. The lowest BCUT2D eigenvalue weighted by Gasteiger charge is -2.37. The molecule has 0 bridgehead atoms. The average molecular weight is 394 g/mol. The average Bonchev–Trinajstić information content (AvgIpc) is 2.78. The van der Waals surface area contributed by atoms with Crippen LogP contribution in [-0.4, -0.2) is 32.2 Å². The minimum absolute atomic E-state index is 0.0801. The van der Waals surface area contributed by atoms with Crippen molar-refractivity contribution in [3.63, 3.8) is 0 Å². The largest absolute Gasteiger partial charge is 0.497 e. The van der Waals surface area contributed by atoms with E-state index in [0.29, 0.717) is 17.9 Å². The summed E-state index contributed by atoms with van der Waals surface area (Å²) in [4.78, 5) is 13.1. The summed E-state index contributed by atoms with van der Waals surface area (Å²) in [6, 6.07) is 15.4. The van der Waals surface area contributed by atoms with Crippen molar-refractivity contribution in [2.75, 3.05) is 14.2 Å². The molecule has 152 valence electrons. The number of ether oxygens (including phenoxy) is 4. The molecule has 2 aliphatic rings. The summed E-state index contributed by atoms with van der Waals surface area (Å²) < 4.78 is 22.8. The molecule has 0 amide bonds. The van der Waals surface area contributed by atoms with Crippen LogP contribution in [0.3, 0.4) is 0 Å². The third-order valence-corrected chi connectivity index (χ3v) is 5.72. The second-order valence-electron chi connectivity index (χ2n) is 7.47. The third-order valence-electron chi connectivity index (χ3n) is 5.72. The van der Waals surface area contributed by atoms with Crippen molar-refractivity contribution < 1.29 is 23.7 Å². The first-order valence-corrected chi connectivity index (χ1v) is 9.97. The van der Waals surface area contributed by atoms with Crippen LogP contribution in [-0.2, 0) is 20.9 Å². The first kappa shape index (κ1) is 19.5. The Kier molecular flexibility index (Phi) is 5.86. The summed E-state index contributed by atoms with van der Waals surface area (Å²) in [5.41, 5.74) is 2.46. The molecule has 2 aromatic rings. The second-order valence-corrected chi connectivity index (χ2v) is 7.47. The Balaban J connectivity index is 1.41. The summed E-state index contributed by atoms with van der Waals surface area (Å²) in [7, 11) is 3.27. The topological polar surface area (TPSA) is 54.0 Å². The molecule has 5 nitrogen and oxygen atoms in total. The van der Waals surface area contributed by atoms with Gasteiger partial charge in [0, 0.05) is 12.0 Å². The summed E-state index contributed by atoms with van der Waals surface area (Å²) >= 11 is 0. The molecule has 1 aliphatic carbocycles. The van der Waals surface area contributed by atoms with E-state index in [2.05, 4.69) is 0 Å². The van der Waals surface area contributed by atoms with Crippen molar-refractivity contribution in [3.05, 3.63) is 65.9 Å². The number of hydrogen-bond acceptors (Lipinski definition) is 5. The van der Waals surface area contributed by atoms with Crippen LogP contribution in [0.2, 0.25) is 0 Å². The van der Waals surface area contributed by atoms with Crippen molar-refractivity contribution in [1.29, 1.82) is 0 Å². The van der Waals surface area contributed by atoms with Gasteiger partial charge in [-0.15, -0.1) is 0 Å². The lowest BCUT2D eigenvalue weighted by Crippen LogP contribution is -2.41. The van der Waals surface area contributed by atoms with Crippen molar-refractivity contribution in [2.24, 2.45) is 5.92 Å². The quantitative estimate of drug-likeness (QED) is 0.727. The molecular weight excluding hydrogens is 368 g/mol. The molecule has 3 unspecified atom stereocenters. The maximum absolute atomic E-state index is 13.1. The van der Waals surface area contributed by atoms with Gasteiger partial charge in [-0.25, -0.2) is 0 Å². The molecule has 1 fully saturated rings. The van der Waals surface area contributed by atoms with Crippen LogP contribution >= 0.6 is 0 Å². The fourth-order valence-electron chi connectivity index (χ4n) is 4.15. The van der Waals surface area contributed by atoms with E-state index in [4.69, 9.17) is 18.9 Å². The Bertz CT molecular complexity index is 904. The smallest absolute Gasteiger partial charge is 0.173 e. The Hall–Kier alpha value is -2.79. The minimum atomic E-state index is -0.134. The molecule has 0 aromatic heterocycles. The first-order valence-electron chi connectivity index (χ1n) is 9.97. The number of hydrogen-bond donors (Lipinski definition) is 0. The van der Waals surface area contributed by atoms with E-state index in [1.54, 1.807) is 20.5 Å². The highest BCUT2D eigenvalue weighted by atomic mass is 16.5. The third kappa shape index (κ3) is 4.15. The zero-order valence-corrected chi connectivity index (χ0v) is 16.8. The minimum Gasteiger partial charge on any atom is -0.497 e. The maximum Gasteiger partial charge on any atom is 0.173 e. The summed E-state index contributed by atoms with van der Waals surface area (Å²) in [6.07, 6.45) is 3.88. The normalized spacial score (nSPS) is 23.6. The Morgan fingerprint density at radius 3 is 2.72 bits per heavy atom. The number of rotatable bonds is 6. The number of fused-ring (bicyclic) bond motifs is 1. The van der Waals surface area contributed by atoms with E-state index in [9.17, 15) is 4.79 Å². The van der Waals surface area contributed by atoms with Crippen LogP contribution in [0.4, 0.5) is 0 Å². The van der Waals surface area contributed by atoms with Gasteiger partial charge in [-0.2, -0.15) is 0 Å². The lowest BCUT2D eigenvalue weighted by molar-refractivity contribution is -0.128.